The molecule has 0 saturated carbocycles. The molecule has 134 valence electrons. The van der Waals surface area contributed by atoms with E-state index >= 15 is 0 Å². The van der Waals surface area contributed by atoms with Crippen LogP contribution in [0.2, 0.25) is 5.02 Å². The number of benzene rings is 2. The molecule has 0 N–H and O–H groups in total. The normalized spacial score (nSPS) is 11.8. The number of carbonyl (C=O) groups is 1. The first kappa shape index (κ1) is 17.9. The van der Waals surface area contributed by atoms with Crippen LogP contribution in [0.15, 0.2) is 46.9 Å². The number of hydrogen-bond acceptors (Lipinski definition) is 6. The zero-order valence-corrected chi connectivity index (χ0v) is 14.7. The van der Waals surface area contributed by atoms with Crippen LogP contribution in [0, 0.1) is 5.82 Å². The highest BCUT2D eigenvalue weighted by Gasteiger charge is 2.23. The molecule has 6 nitrogen and oxygen atoms in total. The number of esters is 1. The van der Waals surface area contributed by atoms with Gasteiger partial charge in [0.1, 0.15) is 17.1 Å². The molecule has 0 fully saturated rings. The summed E-state index contributed by atoms with van der Waals surface area (Å²) in [5.74, 6) is -0.646. The Bertz CT molecular complexity index is 907. The molecule has 1 unspecified atom stereocenters. The number of nitrogens with zero attached hydrogens (tertiary/aromatic N) is 2. The average Bonchev–Trinajstić information content (AvgIpc) is 3.12. The van der Waals surface area contributed by atoms with Gasteiger partial charge in [-0.1, -0.05) is 17.7 Å². The first-order valence-electron chi connectivity index (χ1n) is 7.62. The van der Waals surface area contributed by atoms with Crippen molar-refractivity contribution in [3.8, 4) is 17.2 Å². The first-order valence-corrected chi connectivity index (χ1v) is 8.00. The highest BCUT2D eigenvalue weighted by Crippen LogP contribution is 2.26. The van der Waals surface area contributed by atoms with Crippen molar-refractivity contribution in [1.82, 2.24) is 10.2 Å². The molecule has 0 aliphatic heterocycles. The van der Waals surface area contributed by atoms with E-state index < -0.39 is 17.9 Å². The molecule has 26 heavy (non-hydrogen) atoms. The summed E-state index contributed by atoms with van der Waals surface area (Å²) in [6, 6.07) is 10.9. The smallest absolute Gasteiger partial charge is 0.343 e. The predicted octanol–water partition coefficient (Wildman–Crippen LogP) is 4.46. The molecule has 1 aromatic heterocycles. The fourth-order valence-corrected chi connectivity index (χ4v) is 2.45. The molecule has 0 saturated heterocycles. The lowest BCUT2D eigenvalue weighted by Gasteiger charge is -2.10. The number of aromatic nitrogens is 2. The molecule has 1 atom stereocenters. The van der Waals surface area contributed by atoms with E-state index in [1.807, 2.05) is 0 Å². The molecule has 2 aromatic carbocycles. The van der Waals surface area contributed by atoms with Gasteiger partial charge >= 0.3 is 5.97 Å². The molecule has 0 bridgehead atoms. The summed E-state index contributed by atoms with van der Waals surface area (Å²) in [5.41, 5.74) is 0.344. The van der Waals surface area contributed by atoms with E-state index in [0.29, 0.717) is 11.3 Å². The van der Waals surface area contributed by atoms with Gasteiger partial charge < -0.3 is 13.9 Å². The number of carbonyl (C=O) groups excluding carboxylic acids is 1. The summed E-state index contributed by atoms with van der Waals surface area (Å²) in [6.45, 7) is 1.54. The molecule has 8 heteroatoms. The minimum Gasteiger partial charge on any atom is -0.497 e. The van der Waals surface area contributed by atoms with Gasteiger partial charge in [-0.05, 0) is 43.3 Å². The van der Waals surface area contributed by atoms with Crippen LogP contribution in [-0.4, -0.2) is 23.3 Å². The Morgan fingerprint density at radius 2 is 1.92 bits per heavy atom. The standard InChI is InChI=1S/C18H14ClFN2O4/c1-10(25-18(23)15-13(19)4-3-5-14(15)20)16-21-22-17(26-16)11-6-8-12(24-2)9-7-11/h3-10H,1-2H3. The van der Waals surface area contributed by atoms with Gasteiger partial charge in [0.2, 0.25) is 5.89 Å². The molecule has 0 radical (unpaired) electrons. The fourth-order valence-electron chi connectivity index (χ4n) is 2.21. The zero-order chi connectivity index (χ0) is 18.7. The van der Waals surface area contributed by atoms with Crippen LogP contribution in [-0.2, 0) is 4.74 Å². The van der Waals surface area contributed by atoms with Crippen molar-refractivity contribution in [2.75, 3.05) is 7.11 Å². The highest BCUT2D eigenvalue weighted by atomic mass is 35.5. The van der Waals surface area contributed by atoms with Gasteiger partial charge in [0.25, 0.3) is 5.89 Å². The second-order valence-electron chi connectivity index (χ2n) is 5.32. The number of ether oxygens (including phenoxy) is 2. The summed E-state index contributed by atoms with van der Waals surface area (Å²) in [6.07, 6.45) is -0.877. The Kier molecular flexibility index (Phi) is 5.18. The maximum Gasteiger partial charge on any atom is 0.343 e. The quantitative estimate of drug-likeness (QED) is 0.612. The van der Waals surface area contributed by atoms with E-state index in [1.54, 1.807) is 31.4 Å². The van der Waals surface area contributed by atoms with Crippen LogP contribution in [0.5, 0.6) is 5.75 Å². The Morgan fingerprint density at radius 1 is 1.19 bits per heavy atom. The molecular formula is C18H14ClFN2O4. The van der Waals surface area contributed by atoms with Crippen LogP contribution in [0.3, 0.4) is 0 Å². The third kappa shape index (κ3) is 3.67. The summed E-state index contributed by atoms with van der Waals surface area (Å²) < 4.78 is 29.6. The summed E-state index contributed by atoms with van der Waals surface area (Å²) in [4.78, 5) is 12.2. The molecule has 0 aliphatic carbocycles. The second-order valence-corrected chi connectivity index (χ2v) is 5.73. The van der Waals surface area contributed by atoms with Crippen molar-refractivity contribution in [3.05, 3.63) is 64.8 Å². The lowest BCUT2D eigenvalue weighted by atomic mass is 10.2. The molecule has 0 amide bonds. The van der Waals surface area contributed by atoms with E-state index in [0.717, 1.165) is 6.07 Å². The minimum absolute atomic E-state index is 0.0355. The van der Waals surface area contributed by atoms with Crippen LogP contribution in [0.1, 0.15) is 29.3 Å². The number of hydrogen-bond donors (Lipinski definition) is 0. The monoisotopic (exact) mass is 376 g/mol. The van der Waals surface area contributed by atoms with Crippen molar-refractivity contribution >= 4 is 17.6 Å². The Morgan fingerprint density at radius 3 is 2.58 bits per heavy atom. The first-order chi connectivity index (χ1) is 12.5. The van der Waals surface area contributed by atoms with Crippen LogP contribution in [0.4, 0.5) is 4.39 Å². The van der Waals surface area contributed by atoms with Crippen molar-refractivity contribution in [2.45, 2.75) is 13.0 Å². The van der Waals surface area contributed by atoms with Crippen LogP contribution >= 0.6 is 11.6 Å². The lowest BCUT2D eigenvalue weighted by molar-refractivity contribution is 0.0275. The number of halogens is 2. The van der Waals surface area contributed by atoms with Crippen LogP contribution < -0.4 is 4.74 Å². The second kappa shape index (κ2) is 7.53. The Labute approximate surface area is 153 Å². The fraction of sp³-hybridized carbons (Fsp3) is 0.167. The lowest BCUT2D eigenvalue weighted by Crippen LogP contribution is -2.12. The summed E-state index contributed by atoms with van der Waals surface area (Å²) >= 11 is 5.86. The maximum atomic E-state index is 13.8. The molecule has 0 spiro atoms. The van der Waals surface area contributed by atoms with Gasteiger partial charge in [-0.3, -0.25) is 0 Å². The van der Waals surface area contributed by atoms with Gasteiger partial charge in [0.15, 0.2) is 6.10 Å². The minimum atomic E-state index is -0.912. The Hall–Kier alpha value is -2.93. The van der Waals surface area contributed by atoms with Gasteiger partial charge in [0.05, 0.1) is 12.1 Å². The molecular weight excluding hydrogens is 363 g/mol. The van der Waals surface area contributed by atoms with Crippen molar-refractivity contribution in [1.29, 1.82) is 0 Å². The van der Waals surface area contributed by atoms with Gasteiger partial charge in [0, 0.05) is 5.56 Å². The summed E-state index contributed by atoms with van der Waals surface area (Å²) in [7, 11) is 1.57. The molecule has 0 aliphatic rings. The van der Waals surface area contributed by atoms with Crippen molar-refractivity contribution in [3.63, 3.8) is 0 Å². The number of rotatable bonds is 5. The number of methoxy groups -OCH3 is 1. The predicted molar refractivity (Wildman–Crippen MR) is 91.5 cm³/mol. The topological polar surface area (TPSA) is 74.5 Å². The van der Waals surface area contributed by atoms with Gasteiger partial charge in [-0.15, -0.1) is 10.2 Å². The maximum absolute atomic E-state index is 13.8. The zero-order valence-electron chi connectivity index (χ0n) is 13.9. The highest BCUT2D eigenvalue weighted by molar-refractivity contribution is 6.33. The van der Waals surface area contributed by atoms with E-state index in [2.05, 4.69) is 10.2 Å². The van der Waals surface area contributed by atoms with Crippen molar-refractivity contribution in [2.24, 2.45) is 0 Å². The molecule has 3 rings (SSSR count). The summed E-state index contributed by atoms with van der Waals surface area (Å²) in [5, 5.41) is 7.77. The van der Waals surface area contributed by atoms with Gasteiger partial charge in [-0.2, -0.15) is 0 Å². The Balaban J connectivity index is 1.75. The molecule has 1 heterocycles. The van der Waals surface area contributed by atoms with Crippen LogP contribution in [0.25, 0.3) is 11.5 Å². The third-order valence-corrected chi connectivity index (χ3v) is 3.89. The third-order valence-electron chi connectivity index (χ3n) is 3.58. The average molecular weight is 377 g/mol. The van der Waals surface area contributed by atoms with E-state index in [1.165, 1.54) is 19.1 Å². The van der Waals surface area contributed by atoms with E-state index in [4.69, 9.17) is 25.5 Å². The largest absolute Gasteiger partial charge is 0.497 e. The molecule has 3 aromatic rings. The van der Waals surface area contributed by atoms with E-state index in [-0.39, 0.29) is 22.4 Å². The van der Waals surface area contributed by atoms with E-state index in [9.17, 15) is 9.18 Å². The van der Waals surface area contributed by atoms with Gasteiger partial charge in [-0.25, -0.2) is 9.18 Å². The van der Waals surface area contributed by atoms with Crippen molar-refractivity contribution < 1.29 is 23.1 Å². The SMILES string of the molecule is COc1ccc(-c2nnc(C(C)OC(=O)c3c(F)cccc3Cl)o2)cc1.